The van der Waals surface area contributed by atoms with E-state index in [9.17, 15) is 9.59 Å². The van der Waals surface area contributed by atoms with Crippen molar-refractivity contribution in [1.29, 1.82) is 0 Å². The van der Waals surface area contributed by atoms with Gasteiger partial charge in [-0.15, -0.1) is 0 Å². The summed E-state index contributed by atoms with van der Waals surface area (Å²) in [4.78, 5) is 25.9. The zero-order chi connectivity index (χ0) is 13.2. The molecule has 0 atom stereocenters. The fourth-order valence-corrected chi connectivity index (χ4v) is 1.85. The van der Waals surface area contributed by atoms with Crippen LogP contribution in [0.2, 0.25) is 0 Å². The first kappa shape index (κ1) is 11.2. The van der Waals surface area contributed by atoms with E-state index >= 15 is 0 Å². The van der Waals surface area contributed by atoms with Gasteiger partial charge in [0.25, 0.3) is 11.5 Å². The smallest absolute Gasteiger partial charge is 0.276 e. The number of aromatic nitrogens is 3. The molecule has 1 aromatic carbocycles. The van der Waals surface area contributed by atoms with E-state index < -0.39 is 0 Å². The van der Waals surface area contributed by atoms with Crippen LogP contribution in [0.15, 0.2) is 47.4 Å². The predicted octanol–water partition coefficient (Wildman–Crippen LogP) is 1.50. The Kier molecular flexibility index (Phi) is 2.60. The Morgan fingerprint density at radius 1 is 1.16 bits per heavy atom. The van der Waals surface area contributed by atoms with Crippen LogP contribution in [0.3, 0.4) is 0 Å². The first-order valence-electron chi connectivity index (χ1n) is 5.67. The van der Waals surface area contributed by atoms with Crippen molar-refractivity contribution in [2.45, 2.75) is 0 Å². The van der Waals surface area contributed by atoms with Gasteiger partial charge in [-0.1, -0.05) is 6.07 Å². The van der Waals surface area contributed by atoms with Crippen LogP contribution in [0.4, 0.5) is 5.69 Å². The molecule has 1 amide bonds. The zero-order valence-corrected chi connectivity index (χ0v) is 9.81. The van der Waals surface area contributed by atoms with Gasteiger partial charge in [0.05, 0.1) is 5.69 Å². The number of carbonyl (C=O) groups excluding carboxylic acids is 1. The topological polar surface area (TPSA) is 90.6 Å². The first-order chi connectivity index (χ1) is 9.24. The van der Waals surface area contributed by atoms with Gasteiger partial charge in [0, 0.05) is 23.2 Å². The zero-order valence-electron chi connectivity index (χ0n) is 9.81. The second-order valence-electron chi connectivity index (χ2n) is 4.01. The minimum atomic E-state index is -0.370. The van der Waals surface area contributed by atoms with E-state index in [1.54, 1.807) is 12.3 Å². The van der Waals surface area contributed by atoms with E-state index in [2.05, 4.69) is 20.5 Å². The molecule has 6 heteroatoms. The lowest BCUT2D eigenvalue weighted by Gasteiger charge is -2.05. The summed E-state index contributed by atoms with van der Waals surface area (Å²) in [5.41, 5.74) is 1.44. The predicted molar refractivity (Wildman–Crippen MR) is 71.1 cm³/mol. The second-order valence-corrected chi connectivity index (χ2v) is 4.01. The Morgan fingerprint density at radius 3 is 2.84 bits per heavy atom. The number of amides is 1. The summed E-state index contributed by atoms with van der Waals surface area (Å²) in [6.45, 7) is 0. The quantitative estimate of drug-likeness (QED) is 0.647. The van der Waals surface area contributed by atoms with E-state index in [1.165, 1.54) is 12.1 Å². The molecule has 6 nitrogen and oxygen atoms in total. The molecule has 19 heavy (non-hydrogen) atoms. The number of aromatic amines is 2. The van der Waals surface area contributed by atoms with Crippen molar-refractivity contribution in [2.75, 3.05) is 5.32 Å². The van der Waals surface area contributed by atoms with Crippen LogP contribution in [0.5, 0.6) is 0 Å². The molecule has 0 radical (unpaired) electrons. The van der Waals surface area contributed by atoms with Crippen molar-refractivity contribution in [3.63, 3.8) is 0 Å². The van der Waals surface area contributed by atoms with Gasteiger partial charge in [0.1, 0.15) is 5.69 Å². The Bertz CT molecular complexity index is 783. The third-order valence-electron chi connectivity index (χ3n) is 2.75. The molecule has 0 saturated carbocycles. The maximum absolute atomic E-state index is 12.0. The summed E-state index contributed by atoms with van der Waals surface area (Å²) in [5, 5.41) is 9.59. The molecule has 0 unspecified atom stereocenters. The molecule has 0 spiro atoms. The van der Waals surface area contributed by atoms with Crippen LogP contribution >= 0.6 is 0 Å². The SMILES string of the molecule is O=C(Nc1cccc2[nH]ccc12)c1ccc(=O)[nH]n1. The number of hydrogen-bond acceptors (Lipinski definition) is 3. The number of H-pyrrole nitrogens is 2. The monoisotopic (exact) mass is 254 g/mol. The van der Waals surface area contributed by atoms with Gasteiger partial charge in [-0.25, -0.2) is 5.10 Å². The van der Waals surface area contributed by atoms with Crippen LogP contribution in [0.1, 0.15) is 10.5 Å². The van der Waals surface area contributed by atoms with Crippen molar-refractivity contribution in [1.82, 2.24) is 15.2 Å². The van der Waals surface area contributed by atoms with Crippen LogP contribution < -0.4 is 10.9 Å². The number of anilines is 1. The highest BCUT2D eigenvalue weighted by molar-refractivity contribution is 6.07. The number of nitrogens with one attached hydrogen (secondary N) is 3. The largest absolute Gasteiger partial charge is 0.361 e. The third-order valence-corrected chi connectivity index (χ3v) is 2.75. The molecule has 94 valence electrons. The first-order valence-corrected chi connectivity index (χ1v) is 5.67. The fraction of sp³-hybridized carbons (Fsp3) is 0. The van der Waals surface area contributed by atoms with Crippen molar-refractivity contribution >= 4 is 22.5 Å². The van der Waals surface area contributed by atoms with Gasteiger partial charge >= 0.3 is 0 Å². The molecule has 0 fully saturated rings. The molecular weight excluding hydrogens is 244 g/mol. The Labute approximate surface area is 107 Å². The van der Waals surface area contributed by atoms with Crippen LogP contribution in [-0.2, 0) is 0 Å². The van der Waals surface area contributed by atoms with E-state index in [4.69, 9.17) is 0 Å². The number of rotatable bonds is 2. The minimum Gasteiger partial charge on any atom is -0.361 e. The van der Waals surface area contributed by atoms with E-state index in [0.717, 1.165) is 10.9 Å². The van der Waals surface area contributed by atoms with E-state index in [0.29, 0.717) is 5.69 Å². The summed E-state index contributed by atoms with van der Waals surface area (Å²) in [7, 11) is 0. The maximum atomic E-state index is 12.0. The normalized spacial score (nSPS) is 10.5. The lowest BCUT2D eigenvalue weighted by molar-refractivity contribution is 0.102. The van der Waals surface area contributed by atoms with Crippen molar-refractivity contribution in [2.24, 2.45) is 0 Å². The summed E-state index contributed by atoms with van der Waals surface area (Å²) in [5.74, 6) is -0.370. The Balaban J connectivity index is 1.92. The van der Waals surface area contributed by atoms with Crippen LogP contribution in [0, 0.1) is 0 Å². The fourth-order valence-electron chi connectivity index (χ4n) is 1.85. The van der Waals surface area contributed by atoms with Crippen molar-refractivity contribution in [3.8, 4) is 0 Å². The molecule has 2 heterocycles. The molecule has 3 aromatic rings. The Morgan fingerprint density at radius 2 is 2.05 bits per heavy atom. The van der Waals surface area contributed by atoms with Crippen molar-refractivity contribution < 1.29 is 4.79 Å². The van der Waals surface area contributed by atoms with E-state index in [-0.39, 0.29) is 17.2 Å². The van der Waals surface area contributed by atoms with Gasteiger partial charge in [-0.05, 0) is 24.3 Å². The number of benzene rings is 1. The molecule has 0 aliphatic heterocycles. The van der Waals surface area contributed by atoms with Gasteiger partial charge in [0.2, 0.25) is 0 Å². The lowest BCUT2D eigenvalue weighted by Crippen LogP contribution is -2.17. The molecule has 3 N–H and O–H groups in total. The van der Waals surface area contributed by atoms with Gasteiger partial charge < -0.3 is 10.3 Å². The number of fused-ring (bicyclic) bond motifs is 1. The van der Waals surface area contributed by atoms with Crippen LogP contribution in [0.25, 0.3) is 10.9 Å². The van der Waals surface area contributed by atoms with Gasteiger partial charge in [0.15, 0.2) is 0 Å². The highest BCUT2D eigenvalue weighted by Gasteiger charge is 2.09. The molecule has 2 aromatic heterocycles. The average molecular weight is 254 g/mol. The number of carbonyl (C=O) groups is 1. The van der Waals surface area contributed by atoms with Gasteiger partial charge in [-0.2, -0.15) is 5.10 Å². The summed E-state index contributed by atoms with van der Waals surface area (Å²) in [6, 6.07) is 10.1. The third kappa shape index (κ3) is 2.11. The van der Waals surface area contributed by atoms with E-state index in [1.807, 2.05) is 18.2 Å². The average Bonchev–Trinajstić information content (AvgIpc) is 2.89. The standard InChI is InChI=1S/C13H10N4O2/c18-12-5-4-11(16-17-12)13(19)15-10-3-1-2-9-8(10)6-7-14-9/h1-7,14H,(H,15,19)(H,17,18). The maximum Gasteiger partial charge on any atom is 0.276 e. The lowest BCUT2D eigenvalue weighted by atomic mass is 10.2. The van der Waals surface area contributed by atoms with Gasteiger partial charge in [-0.3, -0.25) is 9.59 Å². The highest BCUT2D eigenvalue weighted by Crippen LogP contribution is 2.22. The molecule has 0 saturated heterocycles. The number of nitrogens with zero attached hydrogens (tertiary/aromatic N) is 1. The molecule has 0 bridgehead atoms. The summed E-state index contributed by atoms with van der Waals surface area (Å²) >= 11 is 0. The highest BCUT2D eigenvalue weighted by atomic mass is 16.2. The molecular formula is C13H10N4O2. The number of hydrogen-bond donors (Lipinski definition) is 3. The Hall–Kier alpha value is -2.89. The molecule has 3 rings (SSSR count). The summed E-state index contributed by atoms with van der Waals surface area (Å²) < 4.78 is 0. The molecule has 0 aliphatic carbocycles. The van der Waals surface area contributed by atoms with Crippen molar-refractivity contribution in [3.05, 3.63) is 58.6 Å². The molecule has 0 aliphatic rings. The van der Waals surface area contributed by atoms with Crippen LogP contribution in [-0.4, -0.2) is 21.1 Å². The second kappa shape index (κ2) is 4.41. The minimum absolute atomic E-state index is 0.159. The summed E-state index contributed by atoms with van der Waals surface area (Å²) in [6.07, 6.45) is 1.80.